The number of halogens is 3. The van der Waals surface area contributed by atoms with Gasteiger partial charge in [0.05, 0.1) is 6.61 Å². The van der Waals surface area contributed by atoms with Gasteiger partial charge < -0.3 is 9.47 Å². The van der Waals surface area contributed by atoms with Gasteiger partial charge in [0.25, 0.3) is 0 Å². The van der Waals surface area contributed by atoms with E-state index in [1.165, 1.54) is 25.1 Å². The van der Waals surface area contributed by atoms with Crippen molar-refractivity contribution in [3.63, 3.8) is 0 Å². The van der Waals surface area contributed by atoms with Crippen molar-refractivity contribution in [3.05, 3.63) is 95.8 Å². The van der Waals surface area contributed by atoms with Crippen LogP contribution in [0.5, 0.6) is 11.5 Å². The maximum Gasteiger partial charge on any atom is 0.165 e. The summed E-state index contributed by atoms with van der Waals surface area (Å²) in [5.41, 5.74) is 1.88. The van der Waals surface area contributed by atoms with Crippen LogP contribution in [0.2, 0.25) is 0 Å². The largest absolute Gasteiger partial charge is 0.490 e. The SMILES string of the molecule is C=CCCOc1ccc(-c2ccc(OCc3ccc(C)c(F)c3F)cc2)cc1F. The number of ether oxygens (including phenoxy) is 2. The summed E-state index contributed by atoms with van der Waals surface area (Å²) in [6.07, 6.45) is 2.35. The molecule has 0 bridgehead atoms. The van der Waals surface area contributed by atoms with Crippen molar-refractivity contribution in [2.45, 2.75) is 20.0 Å². The van der Waals surface area contributed by atoms with Crippen LogP contribution in [0.3, 0.4) is 0 Å². The van der Waals surface area contributed by atoms with Gasteiger partial charge in [-0.25, -0.2) is 13.2 Å². The zero-order valence-corrected chi connectivity index (χ0v) is 16.1. The molecule has 0 fully saturated rings. The van der Waals surface area contributed by atoms with E-state index in [0.717, 1.165) is 5.56 Å². The van der Waals surface area contributed by atoms with E-state index in [1.807, 2.05) is 0 Å². The van der Waals surface area contributed by atoms with E-state index >= 15 is 0 Å². The van der Waals surface area contributed by atoms with E-state index in [2.05, 4.69) is 6.58 Å². The first-order chi connectivity index (χ1) is 14.0. The minimum atomic E-state index is -0.896. The lowest BCUT2D eigenvalue weighted by molar-refractivity contribution is 0.297. The lowest BCUT2D eigenvalue weighted by Crippen LogP contribution is -2.02. The summed E-state index contributed by atoms with van der Waals surface area (Å²) in [7, 11) is 0. The van der Waals surface area contributed by atoms with Gasteiger partial charge in [-0.15, -0.1) is 6.58 Å². The average Bonchev–Trinajstić information content (AvgIpc) is 2.73. The molecule has 0 aliphatic carbocycles. The number of hydrogen-bond donors (Lipinski definition) is 0. The number of hydrogen-bond acceptors (Lipinski definition) is 2. The van der Waals surface area contributed by atoms with Crippen molar-refractivity contribution in [2.75, 3.05) is 6.61 Å². The lowest BCUT2D eigenvalue weighted by Gasteiger charge is -2.10. The van der Waals surface area contributed by atoms with Crippen LogP contribution in [0.15, 0.2) is 67.3 Å². The van der Waals surface area contributed by atoms with Crippen LogP contribution >= 0.6 is 0 Å². The van der Waals surface area contributed by atoms with E-state index in [1.54, 1.807) is 42.5 Å². The average molecular weight is 398 g/mol. The quantitative estimate of drug-likeness (QED) is 0.314. The summed E-state index contributed by atoms with van der Waals surface area (Å²) in [6, 6.07) is 14.7. The number of benzene rings is 3. The van der Waals surface area contributed by atoms with Crippen molar-refractivity contribution in [1.29, 1.82) is 0 Å². The van der Waals surface area contributed by atoms with Gasteiger partial charge in [0.15, 0.2) is 23.2 Å². The van der Waals surface area contributed by atoms with Gasteiger partial charge in [0.1, 0.15) is 12.4 Å². The topological polar surface area (TPSA) is 18.5 Å². The Labute approximate surface area is 168 Å². The first kappa shape index (κ1) is 20.5. The molecule has 0 aliphatic rings. The molecular weight excluding hydrogens is 377 g/mol. The molecule has 0 radical (unpaired) electrons. The second kappa shape index (κ2) is 9.32. The molecular formula is C24H21F3O2. The molecule has 0 heterocycles. The van der Waals surface area contributed by atoms with Crippen LogP contribution < -0.4 is 9.47 Å². The van der Waals surface area contributed by atoms with Crippen LogP contribution in [0, 0.1) is 24.4 Å². The fraction of sp³-hybridized carbons (Fsp3) is 0.167. The lowest BCUT2D eigenvalue weighted by atomic mass is 10.1. The molecule has 3 aromatic carbocycles. The van der Waals surface area contributed by atoms with Crippen LogP contribution in [0.1, 0.15) is 17.5 Å². The Hall–Kier alpha value is -3.21. The Kier molecular flexibility index (Phi) is 6.60. The van der Waals surface area contributed by atoms with Gasteiger partial charge >= 0.3 is 0 Å². The maximum absolute atomic E-state index is 14.2. The Bertz CT molecular complexity index is 998. The van der Waals surface area contributed by atoms with Crippen molar-refractivity contribution in [2.24, 2.45) is 0 Å². The maximum atomic E-state index is 14.2. The van der Waals surface area contributed by atoms with Gasteiger partial charge in [-0.2, -0.15) is 0 Å². The highest BCUT2D eigenvalue weighted by Crippen LogP contribution is 2.28. The van der Waals surface area contributed by atoms with Crippen LogP contribution in [-0.4, -0.2) is 6.61 Å². The first-order valence-corrected chi connectivity index (χ1v) is 9.19. The second-order valence-corrected chi connectivity index (χ2v) is 6.55. The minimum Gasteiger partial charge on any atom is -0.490 e. The molecule has 0 aliphatic heterocycles. The molecule has 3 rings (SSSR count). The molecule has 0 unspecified atom stereocenters. The molecule has 3 aromatic rings. The standard InChI is InChI=1S/C24H21F3O2/c1-3-4-13-28-22-12-9-18(14-21(22)25)17-7-10-20(11-8-17)29-15-19-6-5-16(2)23(26)24(19)27/h3,5-12,14H,1,4,13,15H2,2H3. The summed E-state index contributed by atoms with van der Waals surface area (Å²) in [5, 5.41) is 0. The Morgan fingerprint density at radius 2 is 1.59 bits per heavy atom. The molecule has 0 saturated carbocycles. The summed E-state index contributed by atoms with van der Waals surface area (Å²) in [6.45, 7) is 5.39. The summed E-state index contributed by atoms with van der Waals surface area (Å²) >= 11 is 0. The Morgan fingerprint density at radius 1 is 0.862 bits per heavy atom. The van der Waals surface area contributed by atoms with Gasteiger partial charge in [0, 0.05) is 5.56 Å². The highest BCUT2D eigenvalue weighted by molar-refractivity contribution is 5.65. The van der Waals surface area contributed by atoms with Gasteiger partial charge in [-0.3, -0.25) is 0 Å². The third kappa shape index (κ3) is 4.99. The summed E-state index contributed by atoms with van der Waals surface area (Å²) in [5.74, 6) is -1.50. The molecule has 0 atom stereocenters. The predicted octanol–water partition coefficient (Wildman–Crippen LogP) is 6.61. The van der Waals surface area contributed by atoms with E-state index < -0.39 is 17.5 Å². The van der Waals surface area contributed by atoms with Crippen molar-refractivity contribution in [1.82, 2.24) is 0 Å². The zero-order chi connectivity index (χ0) is 20.8. The van der Waals surface area contributed by atoms with E-state index in [-0.39, 0.29) is 23.5 Å². The summed E-state index contributed by atoms with van der Waals surface area (Å²) < 4.78 is 52.7. The normalized spacial score (nSPS) is 10.6. The minimum absolute atomic E-state index is 0.0895. The van der Waals surface area contributed by atoms with Crippen molar-refractivity contribution < 1.29 is 22.6 Å². The Balaban J connectivity index is 1.66. The molecule has 0 spiro atoms. The molecule has 0 N–H and O–H groups in total. The second-order valence-electron chi connectivity index (χ2n) is 6.55. The van der Waals surface area contributed by atoms with E-state index in [9.17, 15) is 13.2 Å². The van der Waals surface area contributed by atoms with Crippen LogP contribution in [-0.2, 0) is 6.61 Å². The summed E-state index contributed by atoms with van der Waals surface area (Å²) in [4.78, 5) is 0. The molecule has 5 heteroatoms. The van der Waals surface area contributed by atoms with Crippen LogP contribution in [0.25, 0.3) is 11.1 Å². The third-order valence-electron chi connectivity index (χ3n) is 4.45. The monoisotopic (exact) mass is 398 g/mol. The third-order valence-corrected chi connectivity index (χ3v) is 4.45. The molecule has 2 nitrogen and oxygen atoms in total. The van der Waals surface area contributed by atoms with E-state index in [4.69, 9.17) is 9.47 Å². The molecule has 0 aromatic heterocycles. The fourth-order valence-electron chi connectivity index (χ4n) is 2.75. The fourth-order valence-corrected chi connectivity index (χ4v) is 2.75. The van der Waals surface area contributed by atoms with Crippen molar-refractivity contribution >= 4 is 0 Å². The van der Waals surface area contributed by atoms with Gasteiger partial charge in [-0.05, 0) is 54.3 Å². The highest BCUT2D eigenvalue weighted by Gasteiger charge is 2.11. The Morgan fingerprint density at radius 3 is 2.28 bits per heavy atom. The highest BCUT2D eigenvalue weighted by atomic mass is 19.2. The smallest absolute Gasteiger partial charge is 0.165 e. The first-order valence-electron chi connectivity index (χ1n) is 9.19. The molecule has 29 heavy (non-hydrogen) atoms. The van der Waals surface area contributed by atoms with Gasteiger partial charge in [-0.1, -0.05) is 36.4 Å². The molecule has 0 saturated heterocycles. The predicted molar refractivity (Wildman–Crippen MR) is 108 cm³/mol. The molecule has 150 valence electrons. The van der Waals surface area contributed by atoms with Crippen molar-refractivity contribution in [3.8, 4) is 22.6 Å². The van der Waals surface area contributed by atoms with Crippen LogP contribution in [0.4, 0.5) is 13.2 Å². The number of rotatable bonds is 8. The molecule has 0 amide bonds. The van der Waals surface area contributed by atoms with Gasteiger partial charge in [0.2, 0.25) is 0 Å². The number of aryl methyl sites for hydroxylation is 1. The van der Waals surface area contributed by atoms with E-state index in [0.29, 0.717) is 24.3 Å². The zero-order valence-electron chi connectivity index (χ0n) is 16.1.